The van der Waals surface area contributed by atoms with E-state index in [0.29, 0.717) is 0 Å². The van der Waals surface area contributed by atoms with E-state index in [4.69, 9.17) is 18.9 Å². The first-order valence-corrected chi connectivity index (χ1v) is 9.90. The van der Waals surface area contributed by atoms with Crippen molar-refractivity contribution in [3.05, 3.63) is 0 Å². The van der Waals surface area contributed by atoms with Crippen molar-refractivity contribution in [3.63, 3.8) is 0 Å². The van der Waals surface area contributed by atoms with Crippen molar-refractivity contribution >= 4 is 5.91 Å². The Labute approximate surface area is 171 Å². The Morgan fingerprint density at radius 2 is 1.52 bits per heavy atom. The Morgan fingerprint density at radius 1 is 0.966 bits per heavy atom. The summed E-state index contributed by atoms with van der Waals surface area (Å²) in [5.74, 6) is -0.441. The van der Waals surface area contributed by atoms with E-state index in [1.807, 2.05) is 0 Å². The molecule has 10 heteroatoms. The molecule has 2 aliphatic rings. The second-order valence-corrected chi connectivity index (χ2v) is 8.61. The van der Waals surface area contributed by atoms with E-state index < -0.39 is 72.7 Å². The number of hydrogen-bond donors (Lipinski definition) is 5. The minimum absolute atomic E-state index is 0.142. The average Bonchev–Trinajstić information content (AvgIpc) is 2.59. The van der Waals surface area contributed by atoms with Gasteiger partial charge in [-0.2, -0.15) is 0 Å². The summed E-state index contributed by atoms with van der Waals surface area (Å²) in [6.45, 7) is 8.02. The quantitative estimate of drug-likeness (QED) is 0.352. The molecule has 170 valence electrons. The third-order valence-electron chi connectivity index (χ3n) is 5.38. The van der Waals surface area contributed by atoms with Gasteiger partial charge in [0.25, 0.3) is 0 Å². The number of hydrogen-bond acceptors (Lipinski definition) is 9. The highest BCUT2D eigenvalue weighted by molar-refractivity contribution is 5.77. The lowest BCUT2D eigenvalue weighted by molar-refractivity contribution is -0.326. The summed E-state index contributed by atoms with van der Waals surface area (Å²) < 4.78 is 22.5. The summed E-state index contributed by atoms with van der Waals surface area (Å²) in [6.07, 6.45) is -8.35. The summed E-state index contributed by atoms with van der Waals surface area (Å²) >= 11 is 0. The standard InChI is InChI=1S/C19H35NO9/c1-8-12(20-11(21)7-19(4,5)25)15(24)17(26-6)18(28-8)29-16-13(22)9(2)27-10(3)14(16)23/h8-10,12-18,22-25H,7H2,1-6H3,(H,20,21)/t8?,9-,10?,12+,13?,14-,15-,16?,17?,18-/m0/s1. The van der Waals surface area contributed by atoms with Gasteiger partial charge < -0.3 is 44.7 Å². The SMILES string of the molecule is COC1[C@H](OC2C(O)[C@H](C)OC(C)[C@@H]2O)OC(C)[C@@H](NC(=O)CC(C)(C)O)[C@@H]1O. The van der Waals surface area contributed by atoms with Crippen LogP contribution in [0.2, 0.25) is 0 Å². The molecule has 2 rings (SSSR count). The number of aliphatic hydroxyl groups excluding tert-OH is 3. The molecule has 2 heterocycles. The second-order valence-electron chi connectivity index (χ2n) is 8.61. The van der Waals surface area contributed by atoms with Crippen LogP contribution in [0.15, 0.2) is 0 Å². The summed E-state index contributed by atoms with van der Waals surface area (Å²) in [4.78, 5) is 12.2. The van der Waals surface area contributed by atoms with Gasteiger partial charge in [0.2, 0.25) is 5.91 Å². The smallest absolute Gasteiger partial charge is 0.223 e. The van der Waals surface area contributed by atoms with E-state index in [0.717, 1.165) is 0 Å². The summed E-state index contributed by atoms with van der Waals surface area (Å²) in [7, 11) is 1.36. The van der Waals surface area contributed by atoms with Gasteiger partial charge in [-0.05, 0) is 34.6 Å². The van der Waals surface area contributed by atoms with Crippen LogP contribution in [0, 0.1) is 0 Å². The number of aliphatic hydroxyl groups is 4. The molecule has 0 radical (unpaired) electrons. The van der Waals surface area contributed by atoms with Crippen LogP contribution >= 0.6 is 0 Å². The Hall–Kier alpha value is -0.850. The lowest BCUT2D eigenvalue weighted by Crippen LogP contribution is -2.66. The first-order chi connectivity index (χ1) is 13.4. The maximum absolute atomic E-state index is 12.2. The largest absolute Gasteiger partial charge is 0.390 e. The molecular weight excluding hydrogens is 386 g/mol. The zero-order valence-electron chi connectivity index (χ0n) is 17.8. The van der Waals surface area contributed by atoms with Crippen molar-refractivity contribution in [2.45, 2.75) is 108 Å². The van der Waals surface area contributed by atoms with Gasteiger partial charge in [-0.15, -0.1) is 0 Å². The van der Waals surface area contributed by atoms with Gasteiger partial charge in [-0.25, -0.2) is 0 Å². The fourth-order valence-electron chi connectivity index (χ4n) is 3.76. The van der Waals surface area contributed by atoms with Crippen LogP contribution in [0.25, 0.3) is 0 Å². The van der Waals surface area contributed by atoms with Crippen molar-refractivity contribution in [1.82, 2.24) is 5.32 Å². The molecule has 0 aromatic rings. The topological polar surface area (TPSA) is 147 Å². The Morgan fingerprint density at radius 3 is 2.00 bits per heavy atom. The first kappa shape index (κ1) is 24.4. The second kappa shape index (κ2) is 9.52. The van der Waals surface area contributed by atoms with Gasteiger partial charge in [0.15, 0.2) is 6.29 Å². The summed E-state index contributed by atoms with van der Waals surface area (Å²) in [6, 6.07) is -0.794. The predicted octanol–water partition coefficient (Wildman–Crippen LogP) is -1.33. The zero-order chi connectivity index (χ0) is 22.1. The molecule has 29 heavy (non-hydrogen) atoms. The Kier molecular flexibility index (Phi) is 8.02. The van der Waals surface area contributed by atoms with Crippen molar-refractivity contribution in [3.8, 4) is 0 Å². The minimum Gasteiger partial charge on any atom is -0.390 e. The van der Waals surface area contributed by atoms with Gasteiger partial charge in [0.1, 0.15) is 30.5 Å². The van der Waals surface area contributed by atoms with Crippen molar-refractivity contribution in [2.24, 2.45) is 0 Å². The predicted molar refractivity (Wildman–Crippen MR) is 101 cm³/mol. The van der Waals surface area contributed by atoms with E-state index in [1.165, 1.54) is 21.0 Å². The molecule has 2 saturated heterocycles. The van der Waals surface area contributed by atoms with E-state index in [9.17, 15) is 25.2 Å². The highest BCUT2D eigenvalue weighted by atomic mass is 16.7. The van der Waals surface area contributed by atoms with E-state index in [-0.39, 0.29) is 6.42 Å². The number of carbonyl (C=O) groups excluding carboxylic acids is 1. The molecule has 0 aliphatic carbocycles. The number of ether oxygens (including phenoxy) is 4. The molecule has 5 N–H and O–H groups in total. The normalized spacial score (nSPS) is 43.8. The molecule has 10 nitrogen and oxygen atoms in total. The monoisotopic (exact) mass is 421 g/mol. The molecule has 10 atom stereocenters. The molecule has 0 aromatic heterocycles. The molecule has 2 aliphatic heterocycles. The highest BCUT2D eigenvalue weighted by Gasteiger charge is 2.49. The van der Waals surface area contributed by atoms with Crippen LogP contribution in [-0.2, 0) is 23.7 Å². The fourth-order valence-corrected chi connectivity index (χ4v) is 3.76. The first-order valence-electron chi connectivity index (χ1n) is 9.90. The van der Waals surface area contributed by atoms with Gasteiger partial charge in [0, 0.05) is 7.11 Å². The Bertz CT molecular complexity index is 540. The third kappa shape index (κ3) is 5.86. The molecule has 2 fully saturated rings. The molecule has 0 aromatic carbocycles. The van der Waals surface area contributed by atoms with Crippen LogP contribution in [-0.4, -0.2) is 100 Å². The van der Waals surface area contributed by atoms with Gasteiger partial charge in [-0.1, -0.05) is 0 Å². The van der Waals surface area contributed by atoms with Crippen LogP contribution in [0.4, 0.5) is 0 Å². The number of rotatable bonds is 6. The van der Waals surface area contributed by atoms with Gasteiger partial charge in [0.05, 0.1) is 36.4 Å². The summed E-state index contributed by atoms with van der Waals surface area (Å²) in [5.41, 5.74) is -1.19. The van der Waals surface area contributed by atoms with E-state index in [2.05, 4.69) is 5.32 Å². The van der Waals surface area contributed by atoms with Crippen molar-refractivity contribution in [1.29, 1.82) is 0 Å². The zero-order valence-corrected chi connectivity index (χ0v) is 17.8. The van der Waals surface area contributed by atoms with Gasteiger partial charge >= 0.3 is 0 Å². The molecule has 1 amide bonds. The molecule has 0 saturated carbocycles. The molecular formula is C19H35NO9. The lowest BCUT2D eigenvalue weighted by atomic mass is 9.94. The maximum Gasteiger partial charge on any atom is 0.223 e. The number of amides is 1. The van der Waals surface area contributed by atoms with Crippen molar-refractivity contribution in [2.75, 3.05) is 7.11 Å². The Balaban J connectivity index is 2.10. The van der Waals surface area contributed by atoms with Crippen LogP contribution in [0.1, 0.15) is 41.0 Å². The number of nitrogens with one attached hydrogen (secondary N) is 1. The van der Waals surface area contributed by atoms with E-state index in [1.54, 1.807) is 20.8 Å². The van der Waals surface area contributed by atoms with Crippen LogP contribution in [0.5, 0.6) is 0 Å². The average molecular weight is 421 g/mol. The van der Waals surface area contributed by atoms with Crippen molar-refractivity contribution < 1.29 is 44.2 Å². The van der Waals surface area contributed by atoms with Crippen LogP contribution in [0.3, 0.4) is 0 Å². The minimum atomic E-state index is -1.19. The summed E-state index contributed by atoms with van der Waals surface area (Å²) in [5, 5.41) is 44.0. The maximum atomic E-state index is 12.2. The molecule has 5 unspecified atom stereocenters. The molecule has 0 spiro atoms. The highest BCUT2D eigenvalue weighted by Crippen LogP contribution is 2.30. The fraction of sp³-hybridized carbons (Fsp3) is 0.947. The van der Waals surface area contributed by atoms with E-state index >= 15 is 0 Å². The van der Waals surface area contributed by atoms with Gasteiger partial charge in [-0.3, -0.25) is 4.79 Å². The number of carbonyl (C=O) groups is 1. The molecule has 0 bridgehead atoms. The third-order valence-corrected chi connectivity index (χ3v) is 5.38. The number of methoxy groups -OCH3 is 1. The van der Waals surface area contributed by atoms with Crippen LogP contribution < -0.4 is 5.32 Å². The lowest BCUT2D eigenvalue weighted by Gasteiger charge is -2.47.